The minimum absolute atomic E-state index is 0.373. The van der Waals surface area contributed by atoms with Gasteiger partial charge < -0.3 is 14.0 Å². The first-order valence-corrected chi connectivity index (χ1v) is 24.7. The molecule has 0 bridgehead atoms. The van der Waals surface area contributed by atoms with E-state index in [-0.39, 0.29) is 0 Å². The summed E-state index contributed by atoms with van der Waals surface area (Å²) >= 11 is 0. The molecule has 4 heteroatoms. The van der Waals surface area contributed by atoms with Crippen LogP contribution in [-0.4, -0.2) is 29.9 Å². The van der Waals surface area contributed by atoms with Crippen molar-refractivity contribution in [3.05, 3.63) is 273 Å². The molecule has 0 radical (unpaired) electrons. The SMILES string of the molecule is C1=CC=CCC=C1.C1=CC=CCC=C1.CB(c1ccccc1)c1ccc2c(c1)c1cc(-c3ccccc3)ccc1n2C.CN(C)c1cc2c(cc1-c1ccccc1)c1ccccc1n2C.c1ccccc1. The van der Waals surface area contributed by atoms with E-state index < -0.39 is 0 Å². The molecule has 0 saturated heterocycles. The summed E-state index contributed by atoms with van der Waals surface area (Å²) in [5, 5.41) is 5.27. The lowest BCUT2D eigenvalue weighted by Gasteiger charge is -2.18. The van der Waals surface area contributed by atoms with E-state index in [1.807, 2.05) is 60.7 Å². The Bertz CT molecular complexity index is 3370. The second-order valence-corrected chi connectivity index (χ2v) is 17.9. The summed E-state index contributed by atoms with van der Waals surface area (Å²) < 4.78 is 4.59. The van der Waals surface area contributed by atoms with Gasteiger partial charge in [0.15, 0.2) is 0 Å². The van der Waals surface area contributed by atoms with Gasteiger partial charge in [-0.1, -0.05) is 254 Å². The van der Waals surface area contributed by atoms with Crippen LogP contribution in [0.1, 0.15) is 12.8 Å². The third-order valence-electron chi connectivity index (χ3n) is 13.0. The third kappa shape index (κ3) is 12.5. The van der Waals surface area contributed by atoms with Gasteiger partial charge in [-0.05, 0) is 65.9 Å². The maximum atomic E-state index is 2.38. The van der Waals surface area contributed by atoms with Crippen LogP contribution in [0.5, 0.6) is 0 Å². The fourth-order valence-electron chi connectivity index (χ4n) is 9.09. The Balaban J connectivity index is 0.000000138. The van der Waals surface area contributed by atoms with Gasteiger partial charge in [0.25, 0.3) is 0 Å². The van der Waals surface area contributed by atoms with Crippen LogP contribution in [-0.2, 0) is 14.1 Å². The van der Waals surface area contributed by atoms with Crippen LogP contribution in [0.4, 0.5) is 5.69 Å². The van der Waals surface area contributed by atoms with Crippen molar-refractivity contribution >= 4 is 66.9 Å². The number of anilines is 1. The van der Waals surface area contributed by atoms with Crippen molar-refractivity contribution in [3.63, 3.8) is 0 Å². The van der Waals surface area contributed by atoms with Crippen molar-refractivity contribution in [2.75, 3.05) is 19.0 Å². The largest absolute Gasteiger partial charge is 0.377 e. The number of rotatable bonds is 5. The molecule has 0 spiro atoms. The number of benzene rings is 8. The minimum Gasteiger partial charge on any atom is -0.377 e. The Morgan fingerprint density at radius 1 is 0.352 bits per heavy atom. The maximum Gasteiger partial charge on any atom is 0.206 e. The van der Waals surface area contributed by atoms with Crippen LogP contribution in [0.3, 0.4) is 0 Å². The van der Waals surface area contributed by atoms with Crippen molar-refractivity contribution in [2.45, 2.75) is 19.7 Å². The van der Waals surface area contributed by atoms with E-state index in [2.05, 4.69) is 261 Å². The minimum atomic E-state index is 0.373. The van der Waals surface area contributed by atoms with E-state index in [4.69, 9.17) is 0 Å². The topological polar surface area (TPSA) is 13.1 Å². The van der Waals surface area contributed by atoms with Crippen molar-refractivity contribution < 1.29 is 0 Å². The van der Waals surface area contributed by atoms with Crippen molar-refractivity contribution in [1.82, 2.24) is 9.13 Å². The summed E-state index contributed by atoms with van der Waals surface area (Å²) in [5.41, 5.74) is 14.1. The van der Waals surface area contributed by atoms with Gasteiger partial charge in [0.05, 0.1) is 5.52 Å². The molecule has 0 atom stereocenters. The highest BCUT2D eigenvalue weighted by Gasteiger charge is 2.17. The number of nitrogens with zero attached hydrogens (tertiary/aromatic N) is 3. The molecule has 3 nitrogen and oxygen atoms in total. The molecule has 350 valence electrons. The third-order valence-corrected chi connectivity index (χ3v) is 13.0. The molecule has 12 rings (SSSR count). The van der Waals surface area contributed by atoms with Crippen molar-refractivity contribution in [1.29, 1.82) is 0 Å². The summed E-state index contributed by atoms with van der Waals surface area (Å²) in [6.07, 6.45) is 27.0. The summed E-state index contributed by atoms with van der Waals surface area (Å²) in [6.45, 7) is 2.66. The van der Waals surface area contributed by atoms with Gasteiger partial charge in [0.2, 0.25) is 6.71 Å². The van der Waals surface area contributed by atoms with E-state index in [9.17, 15) is 0 Å². The standard InChI is InChI=1S/C26H22BN.C21H20N2.2C7H8.C6H6/c1-27(21-11-7-4-8-12-21)22-14-16-26-24(18-22)23-17-20(13-15-25(23)28(26)2)19-9-5-3-6-10-19;1-22(2)20-14-21-18(13-17(20)15-9-5-4-6-10-15)16-11-7-8-12-19(16)23(21)3;2*1-2-4-6-7-5-3-1;1-2-4-6-5-3-1/h3-18H,1-2H3;4-14H,1-3H3;2*1-6H,7H2;1-6H. The molecular formula is C67H64BN3. The van der Waals surface area contributed by atoms with Gasteiger partial charge in [0.1, 0.15) is 0 Å². The number of hydrogen-bond donors (Lipinski definition) is 0. The summed E-state index contributed by atoms with van der Waals surface area (Å²) in [5.74, 6) is 0. The van der Waals surface area contributed by atoms with E-state index in [0.717, 1.165) is 12.8 Å². The van der Waals surface area contributed by atoms with Gasteiger partial charge in [-0.25, -0.2) is 0 Å². The van der Waals surface area contributed by atoms with Gasteiger partial charge >= 0.3 is 0 Å². The van der Waals surface area contributed by atoms with Gasteiger partial charge in [-0.3, -0.25) is 0 Å². The summed E-state index contributed by atoms with van der Waals surface area (Å²) in [6, 6.07) is 71.0. The van der Waals surface area contributed by atoms with Crippen LogP contribution in [0.25, 0.3) is 65.9 Å². The second kappa shape index (κ2) is 24.8. The lowest BCUT2D eigenvalue weighted by Crippen LogP contribution is -2.38. The number of hydrogen-bond acceptors (Lipinski definition) is 1. The number of aromatic nitrogens is 2. The normalized spacial score (nSPS) is 12.1. The Kier molecular flexibility index (Phi) is 17.1. The zero-order chi connectivity index (χ0) is 49.2. The van der Waals surface area contributed by atoms with Crippen LogP contribution in [0.2, 0.25) is 6.82 Å². The Morgan fingerprint density at radius 2 is 0.789 bits per heavy atom. The average molecular weight is 922 g/mol. The predicted octanol–water partition coefficient (Wildman–Crippen LogP) is 16.1. The molecule has 10 aromatic rings. The van der Waals surface area contributed by atoms with Crippen LogP contribution < -0.4 is 15.8 Å². The second-order valence-electron chi connectivity index (χ2n) is 17.9. The Labute approximate surface area is 422 Å². The van der Waals surface area contributed by atoms with Gasteiger partial charge in [0, 0.05) is 77.5 Å². The van der Waals surface area contributed by atoms with Gasteiger partial charge in [-0.2, -0.15) is 0 Å². The maximum absolute atomic E-state index is 2.38. The van der Waals surface area contributed by atoms with E-state index in [0.29, 0.717) is 6.71 Å². The lowest BCUT2D eigenvalue weighted by atomic mass is 9.42. The zero-order valence-corrected chi connectivity index (χ0v) is 41.8. The first kappa shape index (κ1) is 49.1. The molecule has 0 N–H and O–H groups in total. The molecule has 71 heavy (non-hydrogen) atoms. The number of aryl methyl sites for hydroxylation is 2. The predicted molar refractivity (Wildman–Crippen MR) is 314 cm³/mol. The number of allylic oxidation sites excluding steroid dienone is 12. The fourth-order valence-corrected chi connectivity index (χ4v) is 9.09. The molecule has 0 unspecified atom stereocenters. The number of para-hydroxylation sites is 1. The van der Waals surface area contributed by atoms with Crippen LogP contribution in [0, 0.1) is 0 Å². The Hall–Kier alpha value is -8.34. The summed E-state index contributed by atoms with van der Waals surface area (Å²) in [4.78, 5) is 2.19. The average Bonchev–Trinajstić information content (AvgIpc) is 3.68. The molecule has 2 aliphatic carbocycles. The first-order valence-electron chi connectivity index (χ1n) is 24.7. The van der Waals surface area contributed by atoms with Crippen molar-refractivity contribution in [3.8, 4) is 22.3 Å². The molecule has 2 aromatic heterocycles. The Morgan fingerprint density at radius 3 is 1.35 bits per heavy atom. The molecule has 0 fully saturated rings. The first-order chi connectivity index (χ1) is 34.9. The number of fused-ring (bicyclic) bond motifs is 6. The highest BCUT2D eigenvalue weighted by Crippen LogP contribution is 2.38. The van der Waals surface area contributed by atoms with E-state index in [1.54, 1.807) is 0 Å². The quantitative estimate of drug-likeness (QED) is 0.157. The van der Waals surface area contributed by atoms with E-state index in [1.165, 1.54) is 82.5 Å². The van der Waals surface area contributed by atoms with Crippen molar-refractivity contribution in [2.24, 2.45) is 14.1 Å². The highest BCUT2D eigenvalue weighted by atomic mass is 15.1. The molecule has 0 aliphatic heterocycles. The summed E-state index contributed by atoms with van der Waals surface area (Å²) in [7, 11) is 8.52. The lowest BCUT2D eigenvalue weighted by molar-refractivity contribution is 1.01. The molecule has 2 aliphatic rings. The molecule has 8 aromatic carbocycles. The fraction of sp³-hybridized carbons (Fsp3) is 0.104. The molecule has 0 amide bonds. The van der Waals surface area contributed by atoms with E-state index >= 15 is 0 Å². The van der Waals surface area contributed by atoms with Crippen LogP contribution in [0.15, 0.2) is 273 Å². The molecule has 0 saturated carbocycles. The van der Waals surface area contributed by atoms with Gasteiger partial charge in [-0.15, -0.1) is 0 Å². The molecule has 2 heterocycles. The highest BCUT2D eigenvalue weighted by molar-refractivity contribution is 6.84. The smallest absolute Gasteiger partial charge is 0.206 e. The zero-order valence-electron chi connectivity index (χ0n) is 41.8. The monoisotopic (exact) mass is 922 g/mol. The molecular weight excluding hydrogens is 858 g/mol. The van der Waals surface area contributed by atoms with Crippen LogP contribution >= 0.6 is 0 Å².